The molecule has 0 aliphatic rings. The zero-order chi connectivity index (χ0) is 26.9. The molecule has 2 amide bonds. The van der Waals surface area contributed by atoms with E-state index < -0.39 is 28.3 Å². The molecule has 0 aliphatic carbocycles. The number of anilines is 2. The zero-order valence-corrected chi connectivity index (χ0v) is 20.1. The summed E-state index contributed by atoms with van der Waals surface area (Å²) in [5.41, 5.74) is 11.0. The van der Waals surface area contributed by atoms with Gasteiger partial charge in [-0.3, -0.25) is 41.4 Å². The minimum atomic E-state index is -0.734. The molecule has 12 heteroatoms. The van der Waals surface area contributed by atoms with E-state index in [-0.39, 0.29) is 17.2 Å². The summed E-state index contributed by atoms with van der Waals surface area (Å²) in [5, 5.41) is 11.9. The molecule has 192 valence electrons. The second-order valence-electron chi connectivity index (χ2n) is 7.85. The Labute approximate surface area is 217 Å². The van der Waals surface area contributed by atoms with Crippen molar-refractivity contribution < 1.29 is 19.2 Å². The first-order chi connectivity index (χ1) is 18.5. The highest BCUT2D eigenvalue weighted by molar-refractivity contribution is 5.95. The van der Waals surface area contributed by atoms with E-state index >= 15 is 0 Å². The number of carbonyl (C=O) groups excluding carboxylic acids is 2. The molecule has 0 bridgehead atoms. The molecule has 0 fully saturated rings. The van der Waals surface area contributed by atoms with Crippen LogP contribution < -0.4 is 26.4 Å². The summed E-state index contributed by atoms with van der Waals surface area (Å²) in [6.07, 6.45) is 1.05. The summed E-state index contributed by atoms with van der Waals surface area (Å²) in [6, 6.07) is 24.5. The van der Waals surface area contributed by atoms with E-state index in [4.69, 9.17) is 4.74 Å². The molecular formula is C26H23N7O5. The van der Waals surface area contributed by atoms with Gasteiger partial charge in [-0.05, 0) is 35.4 Å². The van der Waals surface area contributed by atoms with Crippen molar-refractivity contribution >= 4 is 29.1 Å². The van der Waals surface area contributed by atoms with Crippen LogP contribution in [0.15, 0.2) is 91.3 Å². The molecule has 0 aliphatic heterocycles. The maximum absolute atomic E-state index is 13.2. The van der Waals surface area contributed by atoms with Crippen LogP contribution in [0.4, 0.5) is 17.3 Å². The molecule has 4 N–H and O–H groups in total. The Hall–Kier alpha value is -5.52. The highest BCUT2D eigenvalue weighted by Crippen LogP contribution is 2.29. The van der Waals surface area contributed by atoms with Gasteiger partial charge in [0.15, 0.2) is 0 Å². The number of ether oxygens (including phenoxy) is 1. The Morgan fingerprint density at radius 3 is 1.84 bits per heavy atom. The van der Waals surface area contributed by atoms with Crippen molar-refractivity contribution in [3.05, 3.63) is 118 Å². The van der Waals surface area contributed by atoms with Crippen molar-refractivity contribution in [1.29, 1.82) is 0 Å². The number of amides is 2. The average molecular weight is 514 g/mol. The van der Waals surface area contributed by atoms with Gasteiger partial charge in [-0.25, -0.2) is 9.97 Å². The molecule has 1 aromatic heterocycles. The lowest BCUT2D eigenvalue weighted by Gasteiger charge is -2.18. The largest absolute Gasteiger partial charge is 0.497 e. The van der Waals surface area contributed by atoms with Crippen molar-refractivity contribution in [1.82, 2.24) is 20.8 Å². The Bertz CT molecular complexity index is 1380. The molecule has 38 heavy (non-hydrogen) atoms. The Kier molecular flexibility index (Phi) is 8.04. The van der Waals surface area contributed by atoms with Gasteiger partial charge in [0.05, 0.1) is 18.0 Å². The highest BCUT2D eigenvalue weighted by atomic mass is 16.6. The van der Waals surface area contributed by atoms with E-state index in [0.29, 0.717) is 5.75 Å². The third-order valence-electron chi connectivity index (χ3n) is 5.48. The van der Waals surface area contributed by atoms with Crippen LogP contribution in [0.25, 0.3) is 0 Å². The van der Waals surface area contributed by atoms with Crippen molar-refractivity contribution in [2.45, 2.75) is 5.92 Å². The number of hydrogen-bond acceptors (Lipinski definition) is 9. The quantitative estimate of drug-likeness (QED) is 0.184. The van der Waals surface area contributed by atoms with Gasteiger partial charge in [-0.1, -0.05) is 60.7 Å². The first kappa shape index (κ1) is 25.6. The number of rotatable bonds is 10. The second-order valence-corrected chi connectivity index (χ2v) is 7.85. The number of hydrazine groups is 2. The van der Waals surface area contributed by atoms with Gasteiger partial charge < -0.3 is 4.74 Å². The summed E-state index contributed by atoms with van der Waals surface area (Å²) >= 11 is 0. The van der Waals surface area contributed by atoms with Gasteiger partial charge in [0.25, 0.3) is 5.91 Å². The van der Waals surface area contributed by atoms with Gasteiger partial charge in [0.1, 0.15) is 12.1 Å². The number of aromatic nitrogens is 2. The molecule has 0 atom stereocenters. The smallest absolute Gasteiger partial charge is 0.356 e. The van der Waals surface area contributed by atoms with E-state index in [0.717, 1.165) is 17.5 Å². The number of nitrogens with zero attached hydrogens (tertiary/aromatic N) is 3. The van der Waals surface area contributed by atoms with E-state index in [1.54, 1.807) is 12.1 Å². The first-order valence-electron chi connectivity index (χ1n) is 11.3. The van der Waals surface area contributed by atoms with Crippen molar-refractivity contribution in [2.24, 2.45) is 0 Å². The molecule has 12 nitrogen and oxygen atoms in total. The van der Waals surface area contributed by atoms with Crippen LogP contribution in [0.2, 0.25) is 0 Å². The van der Waals surface area contributed by atoms with E-state index in [1.165, 1.54) is 19.2 Å². The molecule has 4 rings (SSSR count). The summed E-state index contributed by atoms with van der Waals surface area (Å²) < 4.78 is 5.06. The normalized spacial score (nSPS) is 10.4. The maximum atomic E-state index is 13.2. The lowest BCUT2D eigenvalue weighted by molar-refractivity contribution is -0.383. The van der Waals surface area contributed by atoms with Gasteiger partial charge >= 0.3 is 5.69 Å². The lowest BCUT2D eigenvalue weighted by atomic mass is 9.91. The van der Waals surface area contributed by atoms with E-state index in [1.807, 2.05) is 60.7 Å². The summed E-state index contributed by atoms with van der Waals surface area (Å²) in [4.78, 5) is 44.6. The number of nitrogens with one attached hydrogen (secondary N) is 4. The second kappa shape index (κ2) is 11.9. The number of methoxy groups -OCH3 is 1. The number of carbonyl (C=O) groups is 2. The van der Waals surface area contributed by atoms with Crippen LogP contribution in [0.1, 0.15) is 27.4 Å². The monoisotopic (exact) mass is 513 g/mol. The van der Waals surface area contributed by atoms with Crippen molar-refractivity contribution in [2.75, 3.05) is 18.0 Å². The van der Waals surface area contributed by atoms with Crippen LogP contribution >= 0.6 is 0 Å². The maximum Gasteiger partial charge on any atom is 0.356 e. The molecule has 0 spiro atoms. The molecule has 0 saturated carbocycles. The van der Waals surface area contributed by atoms with E-state index in [9.17, 15) is 19.7 Å². The fourth-order valence-corrected chi connectivity index (χ4v) is 3.64. The highest BCUT2D eigenvalue weighted by Gasteiger charge is 2.26. The van der Waals surface area contributed by atoms with Crippen LogP contribution in [0.5, 0.6) is 5.75 Å². The molecule has 1 heterocycles. The van der Waals surface area contributed by atoms with Crippen LogP contribution in [0.3, 0.4) is 0 Å². The van der Waals surface area contributed by atoms with Crippen LogP contribution in [-0.2, 0) is 4.79 Å². The first-order valence-corrected chi connectivity index (χ1v) is 11.3. The molecule has 0 saturated heterocycles. The average Bonchev–Trinajstić information content (AvgIpc) is 2.96. The fraction of sp³-hybridized carbons (Fsp3) is 0.0769. The Morgan fingerprint density at radius 1 is 0.816 bits per heavy atom. The molecule has 4 aromatic rings. The molecule has 0 radical (unpaired) electrons. The summed E-state index contributed by atoms with van der Waals surface area (Å²) in [6.45, 7) is 0. The Balaban J connectivity index is 1.50. The predicted octanol–water partition coefficient (Wildman–Crippen LogP) is 3.43. The minimum absolute atomic E-state index is 0.278. The van der Waals surface area contributed by atoms with Gasteiger partial charge in [-0.2, -0.15) is 0 Å². The number of benzene rings is 3. The predicted molar refractivity (Wildman–Crippen MR) is 139 cm³/mol. The molecule has 0 unspecified atom stereocenters. The third kappa shape index (κ3) is 5.99. The van der Waals surface area contributed by atoms with Gasteiger partial charge in [-0.15, -0.1) is 0 Å². The Morgan fingerprint density at radius 2 is 1.34 bits per heavy atom. The summed E-state index contributed by atoms with van der Waals surface area (Å²) in [7, 11) is 1.50. The molecule has 3 aromatic carbocycles. The lowest BCUT2D eigenvalue weighted by Crippen LogP contribution is -2.35. The fourth-order valence-electron chi connectivity index (χ4n) is 3.64. The summed E-state index contributed by atoms with van der Waals surface area (Å²) in [5.74, 6) is -1.70. The van der Waals surface area contributed by atoms with Crippen LogP contribution in [-0.4, -0.2) is 33.8 Å². The van der Waals surface area contributed by atoms with E-state index in [2.05, 4.69) is 31.7 Å². The van der Waals surface area contributed by atoms with Crippen molar-refractivity contribution in [3.63, 3.8) is 0 Å². The van der Waals surface area contributed by atoms with Gasteiger partial charge in [0, 0.05) is 5.56 Å². The molecular weight excluding hydrogens is 490 g/mol. The van der Waals surface area contributed by atoms with Crippen molar-refractivity contribution in [3.8, 4) is 5.75 Å². The minimum Gasteiger partial charge on any atom is -0.497 e. The SMILES string of the molecule is COc1ccc(C(=O)NNc2ncnc(NNC(=O)C(c3ccccc3)c3ccccc3)c2[N+](=O)[O-])cc1. The zero-order valence-electron chi connectivity index (χ0n) is 20.1. The third-order valence-corrected chi connectivity index (χ3v) is 5.48. The topological polar surface area (TPSA) is 160 Å². The number of nitro groups is 1. The number of hydrogen-bond donors (Lipinski definition) is 4. The van der Waals surface area contributed by atoms with Gasteiger partial charge in [0.2, 0.25) is 17.5 Å². The van der Waals surface area contributed by atoms with Crippen LogP contribution in [0, 0.1) is 10.1 Å². The standard InChI is InChI=1S/C26H23N7O5/c1-38-20-14-12-19(13-15-20)25(34)31-29-23-22(33(36)37)24(28-16-27-23)30-32-26(35)21(17-8-4-2-5-9-17)18-10-6-3-7-11-18/h2-16,21H,1H3,(H,31,34)(H,32,35)(H2,27,28,29,30).